The average molecular weight is 493 g/mol. The van der Waals surface area contributed by atoms with Gasteiger partial charge in [-0.05, 0) is 28.8 Å². The molecule has 1 spiro atoms. The zero-order valence-electron chi connectivity index (χ0n) is 21.3. The molecule has 1 aliphatic carbocycles. The first kappa shape index (κ1) is 23.3. The fourth-order valence-electron chi connectivity index (χ4n) is 6.40. The summed E-state index contributed by atoms with van der Waals surface area (Å²) in [5.41, 5.74) is 0.947. The lowest BCUT2D eigenvalue weighted by atomic mass is 9.62. The van der Waals surface area contributed by atoms with Crippen LogP contribution in [0.25, 0.3) is 0 Å². The van der Waals surface area contributed by atoms with Gasteiger partial charge in [-0.3, -0.25) is 19.4 Å². The van der Waals surface area contributed by atoms with Crippen LogP contribution in [0.4, 0.5) is 0 Å². The molecule has 3 aromatic rings. The van der Waals surface area contributed by atoms with Crippen molar-refractivity contribution < 1.29 is 19.1 Å². The Morgan fingerprint density at radius 3 is 2.08 bits per heavy atom. The molecule has 0 bridgehead atoms. The van der Waals surface area contributed by atoms with E-state index in [9.17, 15) is 14.4 Å². The van der Waals surface area contributed by atoms with Crippen LogP contribution in [-0.2, 0) is 4.79 Å². The van der Waals surface area contributed by atoms with Crippen molar-refractivity contribution in [2.75, 3.05) is 7.11 Å². The third-order valence-corrected chi connectivity index (χ3v) is 8.06. The minimum Gasteiger partial charge on any atom is -0.497 e. The molecule has 3 atom stereocenters. The van der Waals surface area contributed by atoms with E-state index in [0.717, 1.165) is 16.7 Å². The van der Waals surface area contributed by atoms with Gasteiger partial charge in [-0.1, -0.05) is 81.4 Å². The Hall–Kier alpha value is -4.06. The Balaban J connectivity index is 1.70. The van der Waals surface area contributed by atoms with Crippen molar-refractivity contribution in [2.45, 2.75) is 38.8 Å². The zero-order valence-corrected chi connectivity index (χ0v) is 21.3. The van der Waals surface area contributed by atoms with E-state index in [0.29, 0.717) is 16.9 Å². The number of hydrogen-bond donors (Lipinski definition) is 0. The summed E-state index contributed by atoms with van der Waals surface area (Å²) in [7, 11) is 1.59. The van der Waals surface area contributed by atoms with E-state index in [1.54, 1.807) is 42.6 Å². The molecule has 2 heterocycles. The molecule has 37 heavy (non-hydrogen) atoms. The summed E-state index contributed by atoms with van der Waals surface area (Å²) in [6.07, 6.45) is 1.73. The molecule has 0 N–H and O–H groups in total. The number of rotatable bonds is 3. The summed E-state index contributed by atoms with van der Waals surface area (Å²) >= 11 is 0. The highest BCUT2D eigenvalue weighted by Gasteiger charge is 2.73. The summed E-state index contributed by atoms with van der Waals surface area (Å²) < 4.78 is 5.38. The standard InChI is InChI=1S/C31H28N2O4/c1-30(2,3)29(36)25-24(18-13-15-20(37-4)16-14-18)31(27(34)22-11-7-8-12-23(22)28(31)35)26-21-10-6-5-9-19(21)17-32-33(25)26/h5-17,24-26H,1-4H3/t24-,25+,26?/m0/s1. The number of carbonyl (C=O) groups excluding carboxylic acids is 3. The predicted octanol–water partition coefficient (Wildman–Crippen LogP) is 5.23. The highest BCUT2D eigenvalue weighted by Crippen LogP contribution is 2.65. The summed E-state index contributed by atoms with van der Waals surface area (Å²) in [6.45, 7) is 5.61. The number of carbonyl (C=O) groups is 3. The first-order chi connectivity index (χ1) is 17.7. The number of Topliss-reactive ketones (excluding diaryl/α,β-unsaturated/α-hetero) is 3. The van der Waals surface area contributed by atoms with Crippen molar-refractivity contribution >= 4 is 23.6 Å². The van der Waals surface area contributed by atoms with E-state index in [4.69, 9.17) is 9.84 Å². The van der Waals surface area contributed by atoms with Crippen LogP contribution in [0.5, 0.6) is 5.75 Å². The Morgan fingerprint density at radius 1 is 0.892 bits per heavy atom. The summed E-state index contributed by atoms with van der Waals surface area (Å²) in [4.78, 5) is 43.4. The lowest BCUT2D eigenvalue weighted by molar-refractivity contribution is -0.131. The molecular weight excluding hydrogens is 464 g/mol. The lowest BCUT2D eigenvalue weighted by Gasteiger charge is -2.36. The Morgan fingerprint density at radius 2 is 1.49 bits per heavy atom. The van der Waals surface area contributed by atoms with Gasteiger partial charge in [0.15, 0.2) is 17.3 Å². The van der Waals surface area contributed by atoms with Gasteiger partial charge in [0, 0.05) is 22.5 Å². The molecular formula is C31H28N2O4. The highest BCUT2D eigenvalue weighted by molar-refractivity contribution is 6.31. The van der Waals surface area contributed by atoms with Gasteiger partial charge in [-0.15, -0.1) is 0 Å². The number of nitrogens with zero attached hydrogens (tertiary/aromatic N) is 2. The molecule has 0 radical (unpaired) electrons. The minimum absolute atomic E-state index is 0.0664. The average Bonchev–Trinajstić information content (AvgIpc) is 3.34. The summed E-state index contributed by atoms with van der Waals surface area (Å²) in [5.74, 6) is -0.655. The third-order valence-electron chi connectivity index (χ3n) is 8.06. The molecule has 6 heteroatoms. The lowest BCUT2D eigenvalue weighted by Crippen LogP contribution is -2.45. The second-order valence-corrected chi connectivity index (χ2v) is 11.0. The normalized spacial score (nSPS) is 23.1. The van der Waals surface area contributed by atoms with Gasteiger partial charge in [0.2, 0.25) is 0 Å². The second-order valence-electron chi connectivity index (χ2n) is 11.0. The SMILES string of the molecule is COc1ccc([C@H]2[C@H](C(=O)C(C)(C)C)N3N=Cc4ccccc4C3C23C(=O)c2ccccc2C3=O)cc1. The van der Waals surface area contributed by atoms with E-state index in [-0.39, 0.29) is 17.3 Å². The van der Waals surface area contributed by atoms with Gasteiger partial charge in [0.05, 0.1) is 19.4 Å². The zero-order chi connectivity index (χ0) is 26.1. The van der Waals surface area contributed by atoms with Crippen LogP contribution in [0.1, 0.15) is 70.1 Å². The highest BCUT2D eigenvalue weighted by atomic mass is 16.5. The van der Waals surface area contributed by atoms with E-state index in [2.05, 4.69) is 0 Å². The molecule has 2 aliphatic heterocycles. The van der Waals surface area contributed by atoms with E-state index in [1.807, 2.05) is 69.3 Å². The van der Waals surface area contributed by atoms with Crippen molar-refractivity contribution in [1.82, 2.24) is 5.01 Å². The molecule has 0 amide bonds. The third kappa shape index (κ3) is 3.05. The van der Waals surface area contributed by atoms with E-state index < -0.39 is 28.8 Å². The Bertz CT molecular complexity index is 1450. The molecule has 1 unspecified atom stereocenters. The number of hydrazone groups is 1. The first-order valence-electron chi connectivity index (χ1n) is 12.5. The Labute approximate surface area is 215 Å². The number of ether oxygens (including phenoxy) is 1. The smallest absolute Gasteiger partial charge is 0.180 e. The van der Waals surface area contributed by atoms with Gasteiger partial charge in [-0.2, -0.15) is 5.10 Å². The van der Waals surface area contributed by atoms with Crippen molar-refractivity contribution in [3.63, 3.8) is 0 Å². The fourth-order valence-corrected chi connectivity index (χ4v) is 6.40. The largest absolute Gasteiger partial charge is 0.497 e. The second kappa shape index (κ2) is 7.97. The first-order valence-corrected chi connectivity index (χ1v) is 12.5. The topological polar surface area (TPSA) is 76.0 Å². The molecule has 6 rings (SSSR count). The fraction of sp³-hybridized carbons (Fsp3) is 0.290. The number of fused-ring (bicyclic) bond motifs is 5. The van der Waals surface area contributed by atoms with Crippen LogP contribution in [0, 0.1) is 10.8 Å². The maximum Gasteiger partial charge on any atom is 0.180 e. The number of benzene rings is 3. The maximum absolute atomic E-state index is 14.6. The van der Waals surface area contributed by atoms with Gasteiger partial charge in [0.25, 0.3) is 0 Å². The molecule has 186 valence electrons. The predicted molar refractivity (Wildman–Crippen MR) is 140 cm³/mol. The van der Waals surface area contributed by atoms with Crippen LogP contribution in [0.3, 0.4) is 0 Å². The van der Waals surface area contributed by atoms with E-state index >= 15 is 0 Å². The quantitative estimate of drug-likeness (QED) is 0.468. The molecule has 1 fully saturated rings. The molecule has 6 nitrogen and oxygen atoms in total. The van der Waals surface area contributed by atoms with Gasteiger partial charge < -0.3 is 4.74 Å². The van der Waals surface area contributed by atoms with Crippen molar-refractivity contribution in [2.24, 2.45) is 15.9 Å². The molecule has 0 saturated carbocycles. The van der Waals surface area contributed by atoms with Crippen molar-refractivity contribution in [1.29, 1.82) is 0 Å². The van der Waals surface area contributed by atoms with Crippen molar-refractivity contribution in [3.05, 3.63) is 101 Å². The number of hydrogen-bond acceptors (Lipinski definition) is 6. The number of ketones is 3. The number of methoxy groups -OCH3 is 1. The Kier molecular flexibility index (Phi) is 5.03. The van der Waals surface area contributed by atoms with Crippen LogP contribution >= 0.6 is 0 Å². The van der Waals surface area contributed by atoms with Gasteiger partial charge in [-0.25, -0.2) is 0 Å². The summed E-state index contributed by atoms with van der Waals surface area (Å²) in [5, 5.41) is 6.51. The molecule has 3 aliphatic rings. The van der Waals surface area contributed by atoms with Crippen LogP contribution in [0.15, 0.2) is 77.9 Å². The van der Waals surface area contributed by atoms with Crippen molar-refractivity contribution in [3.8, 4) is 5.75 Å². The summed E-state index contributed by atoms with van der Waals surface area (Å²) in [6, 6.07) is 20.5. The molecule has 0 aromatic heterocycles. The van der Waals surface area contributed by atoms with Gasteiger partial charge >= 0.3 is 0 Å². The van der Waals surface area contributed by atoms with Crippen LogP contribution in [-0.4, -0.2) is 41.7 Å². The van der Waals surface area contributed by atoms with E-state index in [1.165, 1.54) is 0 Å². The van der Waals surface area contributed by atoms with Crippen LogP contribution in [0.2, 0.25) is 0 Å². The molecule has 3 aromatic carbocycles. The monoisotopic (exact) mass is 492 g/mol. The van der Waals surface area contributed by atoms with Crippen LogP contribution < -0.4 is 4.74 Å². The maximum atomic E-state index is 14.6. The minimum atomic E-state index is -1.54. The molecule has 1 saturated heterocycles. The van der Waals surface area contributed by atoms with Gasteiger partial charge in [0.1, 0.15) is 17.2 Å².